The molecule has 1 aliphatic carbocycles. The molecule has 0 amide bonds. The predicted molar refractivity (Wildman–Crippen MR) is 137 cm³/mol. The van der Waals surface area contributed by atoms with Gasteiger partial charge >= 0.3 is 5.97 Å². The van der Waals surface area contributed by atoms with Gasteiger partial charge in [0.15, 0.2) is 0 Å². The van der Waals surface area contributed by atoms with Crippen LogP contribution in [0.15, 0.2) is 53.5 Å². The van der Waals surface area contributed by atoms with Crippen molar-refractivity contribution in [2.24, 2.45) is 4.99 Å². The standard InChI is InChI=1S/C30H28FNO5/c1-16-17(2)32-14-18-3-4-20(12-24(16)18)36-26-10-8-25(31)30-23(26)7-9-27(30)37-21-5-6-22-19(11-29(33)34)15-35-28(22)13-21/h3-6,8,10,12-14,16-17,19,27H,7,9,11,15H2,1-2H3,(H,33,34). The predicted octanol–water partition coefficient (Wildman–Crippen LogP) is 6.56. The van der Waals surface area contributed by atoms with Crippen LogP contribution in [0.25, 0.3) is 0 Å². The maximum atomic E-state index is 15.0. The van der Waals surface area contributed by atoms with Gasteiger partial charge in [0, 0.05) is 40.8 Å². The van der Waals surface area contributed by atoms with E-state index < -0.39 is 12.1 Å². The molecule has 6 nitrogen and oxygen atoms in total. The van der Waals surface area contributed by atoms with Crippen LogP contribution in [0.2, 0.25) is 0 Å². The molecule has 190 valence electrons. The number of carboxylic acids is 1. The molecule has 0 saturated heterocycles. The SMILES string of the molecule is CC1N=Cc2ccc(Oc3ccc(F)c4c3CCC4Oc3ccc4c(c3)OCC4CC(=O)O)cc2C1C. The van der Waals surface area contributed by atoms with Gasteiger partial charge in [-0.1, -0.05) is 13.0 Å². The van der Waals surface area contributed by atoms with Crippen molar-refractivity contribution in [1.82, 2.24) is 0 Å². The van der Waals surface area contributed by atoms with Crippen LogP contribution in [0.1, 0.15) is 72.4 Å². The Balaban J connectivity index is 1.23. The molecule has 2 heterocycles. The van der Waals surface area contributed by atoms with Gasteiger partial charge in [-0.05, 0) is 67.3 Å². The second-order valence-corrected chi connectivity index (χ2v) is 10.1. The Kier molecular flexibility index (Phi) is 5.86. The second kappa shape index (κ2) is 9.21. The van der Waals surface area contributed by atoms with E-state index in [-0.39, 0.29) is 30.1 Å². The van der Waals surface area contributed by atoms with Crippen molar-refractivity contribution < 1.29 is 28.5 Å². The minimum absolute atomic E-state index is 0.0208. The van der Waals surface area contributed by atoms with E-state index in [0.29, 0.717) is 42.3 Å². The largest absolute Gasteiger partial charge is 0.492 e. The number of carbonyl (C=O) groups is 1. The molecular weight excluding hydrogens is 473 g/mol. The second-order valence-electron chi connectivity index (χ2n) is 10.1. The fourth-order valence-corrected chi connectivity index (χ4v) is 5.57. The summed E-state index contributed by atoms with van der Waals surface area (Å²) in [6.07, 6.45) is 2.75. The molecular formula is C30H28FNO5. The third-order valence-electron chi connectivity index (χ3n) is 7.75. The maximum Gasteiger partial charge on any atom is 0.304 e. The lowest BCUT2D eigenvalue weighted by Crippen LogP contribution is -2.16. The van der Waals surface area contributed by atoms with E-state index in [2.05, 4.69) is 24.9 Å². The van der Waals surface area contributed by atoms with Crippen molar-refractivity contribution in [3.63, 3.8) is 0 Å². The topological polar surface area (TPSA) is 77.3 Å². The monoisotopic (exact) mass is 501 g/mol. The first-order valence-corrected chi connectivity index (χ1v) is 12.7. The van der Waals surface area contributed by atoms with Gasteiger partial charge in [-0.2, -0.15) is 0 Å². The van der Waals surface area contributed by atoms with Crippen LogP contribution < -0.4 is 14.2 Å². The Hall–Kier alpha value is -3.87. The highest BCUT2D eigenvalue weighted by Gasteiger charge is 2.32. The molecule has 0 aromatic heterocycles. The Bertz CT molecular complexity index is 1420. The first-order valence-electron chi connectivity index (χ1n) is 12.7. The van der Waals surface area contributed by atoms with Crippen LogP contribution >= 0.6 is 0 Å². The zero-order valence-electron chi connectivity index (χ0n) is 20.7. The molecule has 3 aromatic carbocycles. The van der Waals surface area contributed by atoms with Crippen LogP contribution in [-0.2, 0) is 11.2 Å². The molecule has 4 unspecified atom stereocenters. The van der Waals surface area contributed by atoms with Crippen LogP contribution in [0.4, 0.5) is 4.39 Å². The summed E-state index contributed by atoms with van der Waals surface area (Å²) >= 11 is 0. The van der Waals surface area contributed by atoms with E-state index in [1.54, 1.807) is 18.2 Å². The number of hydrogen-bond donors (Lipinski definition) is 1. The normalized spacial score (nSPS) is 23.1. The van der Waals surface area contributed by atoms with Crippen LogP contribution in [0.5, 0.6) is 23.0 Å². The summed E-state index contributed by atoms with van der Waals surface area (Å²) in [4.78, 5) is 15.7. The molecule has 0 spiro atoms. The third kappa shape index (κ3) is 4.32. The number of halogens is 1. The number of carboxylic acid groups (broad SMARTS) is 1. The molecule has 0 saturated carbocycles. The average molecular weight is 502 g/mol. The first kappa shape index (κ1) is 23.5. The first-order chi connectivity index (χ1) is 17.9. The molecule has 3 aromatic rings. The summed E-state index contributed by atoms with van der Waals surface area (Å²) in [6.45, 7) is 4.60. The Morgan fingerprint density at radius 3 is 2.78 bits per heavy atom. The number of ether oxygens (including phenoxy) is 3. The van der Waals surface area contributed by atoms with E-state index in [4.69, 9.17) is 19.3 Å². The summed E-state index contributed by atoms with van der Waals surface area (Å²) < 4.78 is 33.3. The zero-order valence-corrected chi connectivity index (χ0v) is 20.7. The van der Waals surface area contributed by atoms with Crippen molar-refractivity contribution in [2.75, 3.05) is 6.61 Å². The molecule has 4 atom stereocenters. The van der Waals surface area contributed by atoms with Crippen LogP contribution in [0.3, 0.4) is 0 Å². The van der Waals surface area contributed by atoms with Crippen molar-refractivity contribution in [1.29, 1.82) is 0 Å². The van der Waals surface area contributed by atoms with Crippen molar-refractivity contribution in [2.45, 2.75) is 57.1 Å². The lowest BCUT2D eigenvalue weighted by atomic mass is 9.88. The highest BCUT2D eigenvalue weighted by atomic mass is 19.1. The fraction of sp³-hybridized carbons (Fsp3) is 0.333. The summed E-state index contributed by atoms with van der Waals surface area (Å²) in [6, 6.07) is 14.8. The number of benzene rings is 3. The summed E-state index contributed by atoms with van der Waals surface area (Å²) in [5, 5.41) is 9.12. The lowest BCUT2D eigenvalue weighted by Gasteiger charge is -2.24. The number of fused-ring (bicyclic) bond motifs is 3. The van der Waals surface area contributed by atoms with E-state index in [1.165, 1.54) is 11.6 Å². The quantitative estimate of drug-likeness (QED) is 0.414. The fourth-order valence-electron chi connectivity index (χ4n) is 5.57. The van der Waals surface area contributed by atoms with Crippen LogP contribution in [-0.4, -0.2) is 29.9 Å². The molecule has 0 fully saturated rings. The van der Waals surface area contributed by atoms with Gasteiger partial charge in [0.25, 0.3) is 0 Å². The van der Waals surface area contributed by atoms with Gasteiger partial charge in [0.2, 0.25) is 0 Å². The van der Waals surface area contributed by atoms with Crippen molar-refractivity contribution in [3.05, 3.63) is 82.2 Å². The Labute approximate surface area is 214 Å². The van der Waals surface area contributed by atoms with E-state index in [9.17, 15) is 4.79 Å². The minimum atomic E-state index is -0.855. The van der Waals surface area contributed by atoms with Crippen molar-refractivity contribution in [3.8, 4) is 23.0 Å². The highest BCUT2D eigenvalue weighted by molar-refractivity contribution is 5.84. The van der Waals surface area contributed by atoms with Crippen molar-refractivity contribution >= 4 is 12.2 Å². The average Bonchev–Trinajstić information content (AvgIpc) is 3.48. The summed E-state index contributed by atoms with van der Waals surface area (Å²) in [7, 11) is 0. The van der Waals surface area contributed by atoms with E-state index in [1.807, 2.05) is 24.4 Å². The van der Waals surface area contributed by atoms with Gasteiger partial charge in [-0.15, -0.1) is 0 Å². The molecule has 37 heavy (non-hydrogen) atoms. The van der Waals surface area contributed by atoms with Gasteiger partial charge in [-0.25, -0.2) is 4.39 Å². The molecule has 0 bridgehead atoms. The molecule has 7 heteroatoms. The molecule has 1 N–H and O–H groups in total. The summed E-state index contributed by atoms with van der Waals surface area (Å²) in [5.74, 6) is 1.50. The summed E-state index contributed by atoms with van der Waals surface area (Å²) in [5.41, 5.74) is 4.51. The van der Waals surface area contributed by atoms with Gasteiger partial charge < -0.3 is 19.3 Å². The highest BCUT2D eigenvalue weighted by Crippen LogP contribution is 2.44. The third-order valence-corrected chi connectivity index (χ3v) is 7.75. The number of aliphatic carboxylic acids is 1. The zero-order chi connectivity index (χ0) is 25.7. The maximum absolute atomic E-state index is 15.0. The molecule has 2 aliphatic heterocycles. The smallest absolute Gasteiger partial charge is 0.304 e. The Morgan fingerprint density at radius 1 is 1.11 bits per heavy atom. The molecule has 0 radical (unpaired) electrons. The lowest BCUT2D eigenvalue weighted by molar-refractivity contribution is -0.137. The molecule has 6 rings (SSSR count). The minimum Gasteiger partial charge on any atom is -0.492 e. The van der Waals surface area contributed by atoms with E-state index >= 15 is 4.39 Å². The number of aliphatic imine (C=N–C) groups is 1. The van der Waals surface area contributed by atoms with Crippen LogP contribution in [0, 0.1) is 5.82 Å². The Morgan fingerprint density at radius 2 is 1.95 bits per heavy atom. The van der Waals surface area contributed by atoms with Gasteiger partial charge in [-0.3, -0.25) is 9.79 Å². The number of rotatable bonds is 6. The van der Waals surface area contributed by atoms with E-state index in [0.717, 1.165) is 22.4 Å². The van der Waals surface area contributed by atoms with Gasteiger partial charge in [0.1, 0.15) is 34.9 Å². The molecule has 3 aliphatic rings. The number of nitrogens with zero attached hydrogens (tertiary/aromatic N) is 1. The number of hydrogen-bond acceptors (Lipinski definition) is 5. The van der Waals surface area contributed by atoms with Gasteiger partial charge in [0.05, 0.1) is 19.1 Å².